The number of aromatic nitrogens is 1. The molecule has 1 aromatic carbocycles. The third-order valence-corrected chi connectivity index (χ3v) is 5.66. The van der Waals surface area contributed by atoms with E-state index in [9.17, 15) is 4.79 Å². The summed E-state index contributed by atoms with van der Waals surface area (Å²) in [5, 5.41) is 7.58. The van der Waals surface area contributed by atoms with Crippen molar-refractivity contribution in [2.24, 2.45) is 0 Å². The predicted octanol–water partition coefficient (Wildman–Crippen LogP) is 2.42. The maximum absolute atomic E-state index is 11.9. The Labute approximate surface area is 153 Å². The van der Waals surface area contributed by atoms with Crippen LogP contribution in [0.25, 0.3) is 10.2 Å². The first-order valence-electron chi connectivity index (χ1n) is 9.35. The number of hydrogen-bond donors (Lipinski definition) is 2. The zero-order valence-electron chi connectivity index (χ0n) is 14.8. The molecular weight excluding hydrogens is 332 g/mol. The van der Waals surface area contributed by atoms with Crippen LogP contribution in [0.15, 0.2) is 24.3 Å². The predicted molar refractivity (Wildman–Crippen MR) is 104 cm³/mol. The Morgan fingerprint density at radius 3 is 2.88 bits per heavy atom. The van der Waals surface area contributed by atoms with E-state index >= 15 is 0 Å². The van der Waals surface area contributed by atoms with Crippen LogP contribution in [0, 0.1) is 0 Å². The lowest BCUT2D eigenvalue weighted by atomic mass is 10.2. The van der Waals surface area contributed by atoms with Gasteiger partial charge in [0, 0.05) is 39.1 Å². The number of rotatable bonds is 9. The molecule has 25 heavy (non-hydrogen) atoms. The number of hydrogen-bond acceptors (Lipinski definition) is 5. The minimum absolute atomic E-state index is 0.185. The normalized spacial score (nSPS) is 15.5. The molecule has 1 fully saturated rings. The molecule has 136 valence electrons. The molecule has 1 aliphatic heterocycles. The zero-order valence-corrected chi connectivity index (χ0v) is 15.6. The summed E-state index contributed by atoms with van der Waals surface area (Å²) in [6.07, 6.45) is 4.58. The third kappa shape index (κ3) is 6.06. The first-order chi connectivity index (χ1) is 12.3. The van der Waals surface area contributed by atoms with E-state index in [1.807, 2.05) is 6.07 Å². The number of thiazole rings is 1. The largest absolute Gasteiger partial charge is 0.356 e. The number of aryl methyl sites for hydroxylation is 1. The summed E-state index contributed by atoms with van der Waals surface area (Å²) in [4.78, 5) is 19.0. The topological polar surface area (TPSA) is 57.3 Å². The van der Waals surface area contributed by atoms with Gasteiger partial charge in [0.2, 0.25) is 5.91 Å². The first-order valence-corrected chi connectivity index (χ1v) is 10.2. The second kappa shape index (κ2) is 9.85. The number of nitrogens with zero attached hydrogens (tertiary/aromatic N) is 2. The van der Waals surface area contributed by atoms with Gasteiger partial charge in [0.05, 0.1) is 15.2 Å². The van der Waals surface area contributed by atoms with Crippen LogP contribution in [-0.2, 0) is 11.2 Å². The Hall–Kier alpha value is -1.50. The summed E-state index contributed by atoms with van der Waals surface area (Å²) in [5.74, 6) is 0.185. The Bertz CT molecular complexity index is 633. The van der Waals surface area contributed by atoms with Crippen molar-refractivity contribution in [3.63, 3.8) is 0 Å². The number of unbranched alkanes of at least 4 members (excludes halogenated alkanes) is 1. The van der Waals surface area contributed by atoms with E-state index < -0.39 is 0 Å². The van der Waals surface area contributed by atoms with Gasteiger partial charge in [0.15, 0.2) is 0 Å². The summed E-state index contributed by atoms with van der Waals surface area (Å²) in [6.45, 7) is 6.29. The van der Waals surface area contributed by atoms with Crippen molar-refractivity contribution in [2.45, 2.75) is 32.1 Å². The fourth-order valence-corrected chi connectivity index (χ4v) is 4.15. The van der Waals surface area contributed by atoms with Gasteiger partial charge >= 0.3 is 0 Å². The number of piperazine rings is 1. The lowest BCUT2D eigenvalue weighted by Crippen LogP contribution is -2.44. The van der Waals surface area contributed by atoms with E-state index in [-0.39, 0.29) is 5.91 Å². The van der Waals surface area contributed by atoms with Crippen LogP contribution in [0.2, 0.25) is 0 Å². The smallest absolute Gasteiger partial charge is 0.219 e. The highest BCUT2D eigenvalue weighted by Crippen LogP contribution is 2.22. The Balaban J connectivity index is 1.24. The molecule has 1 aromatic heterocycles. The number of nitrogens with one attached hydrogen (secondary N) is 2. The molecule has 1 amide bonds. The summed E-state index contributed by atoms with van der Waals surface area (Å²) >= 11 is 1.77. The zero-order chi connectivity index (χ0) is 17.3. The van der Waals surface area contributed by atoms with Crippen molar-refractivity contribution in [3.8, 4) is 0 Å². The van der Waals surface area contributed by atoms with Crippen molar-refractivity contribution < 1.29 is 4.79 Å². The second-order valence-corrected chi connectivity index (χ2v) is 7.69. The van der Waals surface area contributed by atoms with Crippen LogP contribution in [-0.4, -0.2) is 55.1 Å². The van der Waals surface area contributed by atoms with Gasteiger partial charge in [-0.05, 0) is 44.4 Å². The molecule has 0 radical (unpaired) electrons. The van der Waals surface area contributed by atoms with Gasteiger partial charge in [-0.3, -0.25) is 4.79 Å². The lowest BCUT2D eigenvalue weighted by Gasteiger charge is -2.27. The van der Waals surface area contributed by atoms with E-state index in [0.29, 0.717) is 6.42 Å². The molecule has 0 spiro atoms. The highest BCUT2D eigenvalue weighted by molar-refractivity contribution is 7.18. The van der Waals surface area contributed by atoms with Crippen LogP contribution in [0.5, 0.6) is 0 Å². The Morgan fingerprint density at radius 1 is 1.20 bits per heavy atom. The monoisotopic (exact) mass is 360 g/mol. The molecule has 0 bridgehead atoms. The molecule has 2 N–H and O–H groups in total. The molecule has 6 heteroatoms. The fraction of sp³-hybridized carbons (Fsp3) is 0.579. The maximum Gasteiger partial charge on any atom is 0.219 e. The van der Waals surface area contributed by atoms with E-state index in [2.05, 4.69) is 38.7 Å². The molecule has 1 aliphatic rings. The molecule has 3 rings (SSSR count). The van der Waals surface area contributed by atoms with Gasteiger partial charge in [-0.25, -0.2) is 4.98 Å². The Kier molecular flexibility index (Phi) is 7.21. The summed E-state index contributed by atoms with van der Waals surface area (Å²) < 4.78 is 1.25. The summed E-state index contributed by atoms with van der Waals surface area (Å²) in [7, 11) is 0. The number of amides is 1. The van der Waals surface area contributed by atoms with Crippen LogP contribution in [0.3, 0.4) is 0 Å². The van der Waals surface area contributed by atoms with Crippen molar-refractivity contribution in [3.05, 3.63) is 29.3 Å². The van der Waals surface area contributed by atoms with E-state index in [1.54, 1.807) is 11.3 Å². The van der Waals surface area contributed by atoms with Gasteiger partial charge in [-0.1, -0.05) is 12.1 Å². The van der Waals surface area contributed by atoms with Crippen LogP contribution < -0.4 is 10.6 Å². The van der Waals surface area contributed by atoms with Gasteiger partial charge in [0.1, 0.15) is 0 Å². The van der Waals surface area contributed by atoms with Crippen molar-refractivity contribution in [1.29, 1.82) is 0 Å². The van der Waals surface area contributed by atoms with Crippen molar-refractivity contribution in [2.75, 3.05) is 39.3 Å². The SMILES string of the molecule is O=C(CCCCc1nc2ccccc2s1)NCCCN1CCNCC1. The first kappa shape index (κ1) is 18.3. The van der Waals surface area contributed by atoms with Crippen molar-refractivity contribution >= 4 is 27.5 Å². The third-order valence-electron chi connectivity index (χ3n) is 4.57. The highest BCUT2D eigenvalue weighted by atomic mass is 32.1. The maximum atomic E-state index is 11.9. The number of para-hydroxylation sites is 1. The lowest BCUT2D eigenvalue weighted by molar-refractivity contribution is -0.121. The van der Waals surface area contributed by atoms with Crippen molar-refractivity contribution in [1.82, 2.24) is 20.5 Å². The minimum Gasteiger partial charge on any atom is -0.356 e. The van der Waals surface area contributed by atoms with E-state index in [0.717, 1.165) is 70.5 Å². The van der Waals surface area contributed by atoms with Crippen LogP contribution >= 0.6 is 11.3 Å². The van der Waals surface area contributed by atoms with Crippen LogP contribution in [0.1, 0.15) is 30.7 Å². The molecule has 2 heterocycles. The van der Waals surface area contributed by atoms with Crippen LogP contribution in [0.4, 0.5) is 0 Å². The average Bonchev–Trinajstić information content (AvgIpc) is 3.06. The van der Waals surface area contributed by atoms with Gasteiger partial charge in [0.25, 0.3) is 0 Å². The number of benzene rings is 1. The number of fused-ring (bicyclic) bond motifs is 1. The molecule has 1 saturated heterocycles. The average molecular weight is 361 g/mol. The van der Waals surface area contributed by atoms with Gasteiger partial charge < -0.3 is 15.5 Å². The summed E-state index contributed by atoms with van der Waals surface area (Å²) in [6, 6.07) is 8.25. The molecule has 0 aliphatic carbocycles. The van der Waals surface area contributed by atoms with Gasteiger partial charge in [-0.2, -0.15) is 0 Å². The standard InChI is InChI=1S/C19H28N4OS/c24-18(21-10-5-13-23-14-11-20-12-15-23)8-3-4-9-19-22-16-6-1-2-7-17(16)25-19/h1-2,6-7,20H,3-5,8-15H2,(H,21,24). The van der Waals surface area contributed by atoms with E-state index in [1.165, 1.54) is 9.71 Å². The molecular formula is C19H28N4OS. The fourth-order valence-electron chi connectivity index (χ4n) is 3.14. The van der Waals surface area contributed by atoms with E-state index in [4.69, 9.17) is 0 Å². The second-order valence-electron chi connectivity index (χ2n) is 6.58. The van der Waals surface area contributed by atoms with Gasteiger partial charge in [-0.15, -0.1) is 11.3 Å². The summed E-state index contributed by atoms with van der Waals surface area (Å²) in [5.41, 5.74) is 1.09. The Morgan fingerprint density at radius 2 is 2.04 bits per heavy atom. The minimum atomic E-state index is 0.185. The molecule has 0 saturated carbocycles. The molecule has 0 unspecified atom stereocenters. The number of carbonyl (C=O) groups is 1. The molecule has 5 nitrogen and oxygen atoms in total. The number of carbonyl (C=O) groups excluding carboxylic acids is 1. The quantitative estimate of drug-likeness (QED) is 0.675. The molecule has 2 aromatic rings. The molecule has 0 atom stereocenters. The highest BCUT2D eigenvalue weighted by Gasteiger charge is 2.09.